The van der Waals surface area contributed by atoms with Crippen LogP contribution in [0.1, 0.15) is 245 Å². The molecule has 0 aromatic heterocycles. The van der Waals surface area contributed by atoms with Crippen LogP contribution in [0.3, 0.4) is 0 Å². The highest BCUT2D eigenvalue weighted by Crippen LogP contribution is 2.26. The van der Waals surface area contributed by atoms with Gasteiger partial charge in [0.2, 0.25) is 5.91 Å². The van der Waals surface area contributed by atoms with Crippen LogP contribution >= 0.6 is 0 Å². The highest BCUT2D eigenvalue weighted by atomic mass is 32.3. The maximum atomic E-state index is 13.1. The Kier molecular flexibility index (Phi) is 40.4. The van der Waals surface area contributed by atoms with Gasteiger partial charge < -0.3 is 35.2 Å². The largest absolute Gasteiger partial charge is 0.397 e. The standard InChI is InChI=1S/C52H99NO11S/c1-3-5-7-9-11-13-15-17-19-20-21-22-23-24-25-26-28-30-32-34-36-38-40-42-48(56)53-45(44-62-52-50(58)51(64-65(59,60)61)49(57)47(43-54)63-52)46(55)41-39-37-35-33-31-29-27-18-16-14-12-10-8-6-4-2/h24-25,39,41,45-47,49-52,54-55,57-58H,3-23,26-38,40,42-44H2,1-2H3,(H,53,56)(H,59,60,61)/b25-24-,41-39+. The first-order valence-electron chi connectivity index (χ1n) is 26.7. The average Bonchev–Trinajstić information content (AvgIpc) is 3.28. The summed E-state index contributed by atoms with van der Waals surface area (Å²) in [5.74, 6) is -0.265. The van der Waals surface area contributed by atoms with Crippen molar-refractivity contribution >= 4 is 16.3 Å². The fourth-order valence-electron chi connectivity index (χ4n) is 8.57. The zero-order valence-corrected chi connectivity index (χ0v) is 42.1. The van der Waals surface area contributed by atoms with Gasteiger partial charge in [0, 0.05) is 6.42 Å². The number of allylic oxidation sites excluding steroid dienone is 3. The third-order valence-corrected chi connectivity index (χ3v) is 13.2. The molecule has 0 aromatic carbocycles. The van der Waals surface area contributed by atoms with Crippen LogP contribution in [0.25, 0.3) is 0 Å². The van der Waals surface area contributed by atoms with Crippen molar-refractivity contribution in [3.05, 3.63) is 24.3 Å². The number of amides is 1. The van der Waals surface area contributed by atoms with Gasteiger partial charge in [0.15, 0.2) is 6.29 Å². The van der Waals surface area contributed by atoms with E-state index in [-0.39, 0.29) is 18.9 Å². The van der Waals surface area contributed by atoms with Crippen LogP contribution in [0.4, 0.5) is 0 Å². The Labute approximate surface area is 397 Å². The average molecular weight is 946 g/mol. The molecule has 0 saturated carbocycles. The van der Waals surface area contributed by atoms with E-state index in [1.807, 2.05) is 6.08 Å². The molecule has 1 heterocycles. The molecule has 1 aliphatic rings. The molecule has 7 unspecified atom stereocenters. The summed E-state index contributed by atoms with van der Waals surface area (Å²) in [7, 11) is -5.09. The number of ether oxygens (including phenoxy) is 2. The summed E-state index contributed by atoms with van der Waals surface area (Å²) in [6.07, 6.45) is 42.2. The van der Waals surface area contributed by atoms with Gasteiger partial charge in [-0.05, 0) is 44.9 Å². The SMILES string of the molecule is CCCCCCCCCCCCCC/C=C\CCCCCCCCCC(=O)NC(COC1OC(CO)C(O)C(OS(=O)(=O)O)C1O)C(O)/C=C/CCCCCCCCCCCCCCC. The van der Waals surface area contributed by atoms with Crippen molar-refractivity contribution in [1.82, 2.24) is 5.32 Å². The molecular weight excluding hydrogens is 847 g/mol. The molecule has 0 bridgehead atoms. The highest BCUT2D eigenvalue weighted by molar-refractivity contribution is 7.80. The molecular formula is C52H99NO11S. The van der Waals surface area contributed by atoms with Crippen LogP contribution in [0.15, 0.2) is 24.3 Å². The Balaban J connectivity index is 2.41. The third-order valence-electron chi connectivity index (χ3n) is 12.7. The van der Waals surface area contributed by atoms with E-state index >= 15 is 0 Å². The molecule has 0 aromatic rings. The first kappa shape index (κ1) is 61.6. The second-order valence-electron chi connectivity index (χ2n) is 18.8. The molecule has 7 atom stereocenters. The van der Waals surface area contributed by atoms with Gasteiger partial charge in [0.05, 0.1) is 25.4 Å². The Morgan fingerprint density at radius 1 is 0.600 bits per heavy atom. The van der Waals surface area contributed by atoms with Gasteiger partial charge in [-0.15, -0.1) is 0 Å². The Morgan fingerprint density at radius 2 is 0.985 bits per heavy atom. The normalized spacial score (nSPS) is 20.3. The topological polar surface area (TPSA) is 192 Å². The summed E-state index contributed by atoms with van der Waals surface area (Å²) >= 11 is 0. The summed E-state index contributed by atoms with van der Waals surface area (Å²) in [6.45, 7) is 3.41. The molecule has 1 rings (SSSR count). The van der Waals surface area contributed by atoms with Crippen molar-refractivity contribution in [2.24, 2.45) is 0 Å². The molecule has 0 aliphatic carbocycles. The molecule has 0 spiro atoms. The zero-order valence-electron chi connectivity index (χ0n) is 41.3. The fourth-order valence-corrected chi connectivity index (χ4v) is 9.08. The number of nitrogens with one attached hydrogen (secondary N) is 1. The number of rotatable bonds is 46. The lowest BCUT2D eigenvalue weighted by atomic mass is 9.99. The van der Waals surface area contributed by atoms with Crippen LogP contribution in [0.2, 0.25) is 0 Å². The van der Waals surface area contributed by atoms with Gasteiger partial charge >= 0.3 is 10.4 Å². The number of carbonyl (C=O) groups is 1. The first-order chi connectivity index (χ1) is 31.5. The number of aliphatic hydroxyl groups excluding tert-OH is 4. The van der Waals surface area contributed by atoms with E-state index in [4.69, 9.17) is 9.47 Å². The minimum Gasteiger partial charge on any atom is -0.394 e. The molecule has 6 N–H and O–H groups in total. The number of hydrogen-bond donors (Lipinski definition) is 6. The van der Waals surface area contributed by atoms with E-state index < -0.39 is 59.9 Å². The second kappa shape index (κ2) is 42.7. The van der Waals surface area contributed by atoms with Crippen LogP contribution < -0.4 is 5.32 Å². The predicted molar refractivity (Wildman–Crippen MR) is 264 cm³/mol. The predicted octanol–water partition coefficient (Wildman–Crippen LogP) is 11.7. The maximum absolute atomic E-state index is 13.1. The Morgan fingerprint density at radius 3 is 1.38 bits per heavy atom. The van der Waals surface area contributed by atoms with E-state index in [2.05, 4.69) is 35.5 Å². The van der Waals surface area contributed by atoms with Gasteiger partial charge in [-0.1, -0.05) is 218 Å². The second-order valence-corrected chi connectivity index (χ2v) is 19.9. The van der Waals surface area contributed by atoms with E-state index in [1.54, 1.807) is 6.08 Å². The minimum atomic E-state index is -5.09. The van der Waals surface area contributed by atoms with E-state index in [0.717, 1.165) is 44.9 Å². The van der Waals surface area contributed by atoms with Crippen molar-refractivity contribution in [3.63, 3.8) is 0 Å². The van der Waals surface area contributed by atoms with Crippen molar-refractivity contribution in [1.29, 1.82) is 0 Å². The van der Waals surface area contributed by atoms with Gasteiger partial charge in [-0.2, -0.15) is 8.42 Å². The van der Waals surface area contributed by atoms with Gasteiger partial charge in [0.1, 0.15) is 24.4 Å². The summed E-state index contributed by atoms with van der Waals surface area (Å²) in [4.78, 5) is 13.1. The molecule has 65 heavy (non-hydrogen) atoms. The summed E-state index contributed by atoms with van der Waals surface area (Å²) in [5.41, 5.74) is 0. The molecule has 0 radical (unpaired) electrons. The highest BCUT2D eigenvalue weighted by Gasteiger charge is 2.48. The smallest absolute Gasteiger partial charge is 0.394 e. The summed E-state index contributed by atoms with van der Waals surface area (Å²) in [5, 5.41) is 44.8. The van der Waals surface area contributed by atoms with Gasteiger partial charge in [-0.25, -0.2) is 4.18 Å². The van der Waals surface area contributed by atoms with Crippen LogP contribution in [-0.2, 0) is 28.9 Å². The molecule has 384 valence electrons. The lowest BCUT2D eigenvalue weighted by Crippen LogP contribution is -2.61. The Hall–Kier alpha value is -1.42. The van der Waals surface area contributed by atoms with E-state index in [1.165, 1.54) is 173 Å². The molecule has 1 saturated heterocycles. The molecule has 1 aliphatic heterocycles. The Bertz CT molecular complexity index is 1250. The number of hydrogen-bond acceptors (Lipinski definition) is 10. The quantitative estimate of drug-likeness (QED) is 0.0193. The lowest BCUT2D eigenvalue weighted by molar-refractivity contribution is -0.298. The molecule has 12 nitrogen and oxygen atoms in total. The van der Waals surface area contributed by atoms with E-state index in [9.17, 15) is 38.2 Å². The van der Waals surface area contributed by atoms with Crippen molar-refractivity contribution in [2.45, 2.75) is 288 Å². The van der Waals surface area contributed by atoms with Crippen molar-refractivity contribution in [3.8, 4) is 0 Å². The molecule has 1 fully saturated rings. The van der Waals surface area contributed by atoms with Gasteiger partial charge in [-0.3, -0.25) is 9.35 Å². The maximum Gasteiger partial charge on any atom is 0.397 e. The zero-order chi connectivity index (χ0) is 47.6. The monoisotopic (exact) mass is 946 g/mol. The number of carbonyl (C=O) groups excluding carboxylic acids is 1. The minimum absolute atomic E-state index is 0.265. The molecule has 1 amide bonds. The number of aliphatic hydroxyl groups is 4. The summed E-state index contributed by atoms with van der Waals surface area (Å²) < 4.78 is 47.7. The van der Waals surface area contributed by atoms with Crippen molar-refractivity contribution < 1.29 is 51.8 Å². The van der Waals surface area contributed by atoms with Crippen molar-refractivity contribution in [2.75, 3.05) is 13.2 Å². The van der Waals surface area contributed by atoms with Crippen LogP contribution in [-0.4, -0.2) is 95.4 Å². The van der Waals surface area contributed by atoms with Gasteiger partial charge in [0.25, 0.3) is 0 Å². The van der Waals surface area contributed by atoms with Crippen LogP contribution in [0, 0.1) is 0 Å². The lowest BCUT2D eigenvalue weighted by Gasteiger charge is -2.41. The fraction of sp³-hybridized carbons (Fsp3) is 0.904. The summed E-state index contributed by atoms with van der Waals surface area (Å²) in [6, 6.07) is -0.944. The number of unbranched alkanes of at least 4 members (excludes halogenated alkanes) is 32. The molecule has 13 heteroatoms. The third kappa shape index (κ3) is 35.4. The van der Waals surface area contributed by atoms with Crippen LogP contribution in [0.5, 0.6) is 0 Å². The van der Waals surface area contributed by atoms with E-state index in [0.29, 0.717) is 6.42 Å². The first-order valence-corrected chi connectivity index (χ1v) is 28.1.